The summed E-state index contributed by atoms with van der Waals surface area (Å²) >= 11 is 0. The topological polar surface area (TPSA) is 45.1 Å². The van der Waals surface area contributed by atoms with Crippen LogP contribution in [0.25, 0.3) is 0 Å². The third-order valence-corrected chi connectivity index (χ3v) is 6.84. The Balaban J connectivity index is 1.64. The molecule has 0 spiro atoms. The molecule has 3 rings (SSSR count). The van der Waals surface area contributed by atoms with E-state index in [1.165, 1.54) is 11.1 Å². The standard InChI is InChI=1S/C22H34N2O2/c1-17-5-7-18(8-6-17)19-9-11-21(2)20(10-12-22(21,25)15-19)16-23-26-14-13-24(3)4/h5-8,16,19-20,25H,9-15H2,1-4H3. The first-order chi connectivity index (χ1) is 12.3. The Bertz CT molecular complexity index is 628. The lowest BCUT2D eigenvalue weighted by Gasteiger charge is -2.48. The third-order valence-electron chi connectivity index (χ3n) is 6.84. The van der Waals surface area contributed by atoms with E-state index in [0.29, 0.717) is 18.4 Å². The molecule has 0 bridgehead atoms. The van der Waals surface area contributed by atoms with Crippen molar-refractivity contribution in [3.05, 3.63) is 35.4 Å². The molecular formula is C22H34N2O2. The Labute approximate surface area is 158 Å². The molecule has 144 valence electrons. The van der Waals surface area contributed by atoms with Gasteiger partial charge in [0.05, 0.1) is 5.60 Å². The van der Waals surface area contributed by atoms with Crippen LogP contribution in [0.3, 0.4) is 0 Å². The lowest BCUT2D eigenvalue weighted by atomic mass is 9.59. The number of aryl methyl sites for hydroxylation is 1. The number of aliphatic hydroxyl groups is 1. The van der Waals surface area contributed by atoms with E-state index in [1.54, 1.807) is 0 Å². The molecule has 1 aromatic rings. The van der Waals surface area contributed by atoms with Crippen molar-refractivity contribution in [2.75, 3.05) is 27.2 Å². The van der Waals surface area contributed by atoms with Gasteiger partial charge in [0.2, 0.25) is 0 Å². The normalized spacial score (nSPS) is 34.4. The summed E-state index contributed by atoms with van der Waals surface area (Å²) in [4.78, 5) is 7.49. The smallest absolute Gasteiger partial charge is 0.129 e. The zero-order chi connectivity index (χ0) is 18.8. The summed E-state index contributed by atoms with van der Waals surface area (Å²) in [6.07, 6.45) is 6.84. The van der Waals surface area contributed by atoms with Crippen LogP contribution < -0.4 is 0 Å². The van der Waals surface area contributed by atoms with Gasteiger partial charge in [-0.1, -0.05) is 41.9 Å². The minimum absolute atomic E-state index is 0.0946. The molecule has 26 heavy (non-hydrogen) atoms. The summed E-state index contributed by atoms with van der Waals surface area (Å²) in [5, 5.41) is 15.7. The molecular weight excluding hydrogens is 324 g/mol. The molecule has 0 saturated heterocycles. The highest BCUT2D eigenvalue weighted by Gasteiger charge is 2.58. The Morgan fingerprint density at radius 2 is 1.96 bits per heavy atom. The van der Waals surface area contributed by atoms with E-state index in [-0.39, 0.29) is 5.41 Å². The first-order valence-electron chi connectivity index (χ1n) is 9.93. The summed E-state index contributed by atoms with van der Waals surface area (Å²) in [7, 11) is 4.05. The van der Waals surface area contributed by atoms with E-state index in [0.717, 1.165) is 38.6 Å². The second kappa shape index (κ2) is 7.69. The number of likely N-dealkylation sites (N-methyl/N-ethyl adjacent to an activating group) is 1. The maximum atomic E-state index is 11.5. The van der Waals surface area contributed by atoms with Gasteiger partial charge in [-0.2, -0.15) is 0 Å². The van der Waals surface area contributed by atoms with E-state index < -0.39 is 5.60 Å². The summed E-state index contributed by atoms with van der Waals surface area (Å²) in [5.41, 5.74) is 1.97. The van der Waals surface area contributed by atoms with Gasteiger partial charge >= 0.3 is 0 Å². The first-order valence-corrected chi connectivity index (χ1v) is 9.93. The number of fused-ring (bicyclic) bond motifs is 1. The fourth-order valence-electron chi connectivity index (χ4n) is 4.84. The van der Waals surface area contributed by atoms with Gasteiger partial charge in [0.1, 0.15) is 6.61 Å². The van der Waals surface area contributed by atoms with Gasteiger partial charge in [0, 0.05) is 24.1 Å². The molecule has 1 aromatic carbocycles. The highest BCUT2D eigenvalue weighted by Crippen LogP contribution is 2.60. The number of rotatable bonds is 6. The van der Waals surface area contributed by atoms with E-state index in [2.05, 4.69) is 48.2 Å². The van der Waals surface area contributed by atoms with Gasteiger partial charge in [-0.15, -0.1) is 0 Å². The maximum absolute atomic E-state index is 11.5. The highest BCUT2D eigenvalue weighted by atomic mass is 16.6. The molecule has 2 fully saturated rings. The van der Waals surface area contributed by atoms with Gasteiger partial charge in [0.25, 0.3) is 0 Å². The van der Waals surface area contributed by atoms with Crippen molar-refractivity contribution < 1.29 is 9.94 Å². The minimum atomic E-state index is -0.596. The van der Waals surface area contributed by atoms with Crippen LogP contribution in [0.15, 0.2) is 29.4 Å². The van der Waals surface area contributed by atoms with Crippen LogP contribution in [-0.4, -0.2) is 49.1 Å². The third kappa shape index (κ3) is 3.81. The molecule has 1 N–H and O–H groups in total. The highest BCUT2D eigenvalue weighted by molar-refractivity contribution is 5.62. The number of nitrogens with zero attached hydrogens (tertiary/aromatic N) is 2. The lowest BCUT2D eigenvalue weighted by Crippen LogP contribution is -2.49. The Hall–Kier alpha value is -1.39. The van der Waals surface area contributed by atoms with Gasteiger partial charge in [0.15, 0.2) is 0 Å². The largest absolute Gasteiger partial charge is 0.395 e. The van der Waals surface area contributed by atoms with Crippen LogP contribution in [0.2, 0.25) is 0 Å². The Morgan fingerprint density at radius 3 is 2.65 bits per heavy atom. The number of benzene rings is 1. The molecule has 0 aromatic heterocycles. The van der Waals surface area contributed by atoms with Crippen molar-refractivity contribution in [3.63, 3.8) is 0 Å². The van der Waals surface area contributed by atoms with Crippen LogP contribution in [0.1, 0.15) is 56.1 Å². The van der Waals surface area contributed by atoms with Crippen LogP contribution in [0.4, 0.5) is 0 Å². The molecule has 2 aliphatic carbocycles. The molecule has 4 atom stereocenters. The molecule has 4 heteroatoms. The minimum Gasteiger partial charge on any atom is -0.395 e. The average Bonchev–Trinajstić information content (AvgIpc) is 2.86. The fourth-order valence-corrected chi connectivity index (χ4v) is 4.84. The molecule has 4 unspecified atom stereocenters. The molecule has 2 saturated carbocycles. The lowest BCUT2D eigenvalue weighted by molar-refractivity contribution is -0.0959. The van der Waals surface area contributed by atoms with Gasteiger partial charge in [-0.25, -0.2) is 0 Å². The fraction of sp³-hybridized carbons (Fsp3) is 0.682. The predicted molar refractivity (Wildman–Crippen MR) is 107 cm³/mol. The van der Waals surface area contributed by atoms with E-state index in [4.69, 9.17) is 4.84 Å². The predicted octanol–water partition coefficient (Wildman–Crippen LogP) is 3.97. The van der Waals surface area contributed by atoms with Crippen molar-refractivity contribution in [2.45, 2.75) is 57.5 Å². The second-order valence-corrected chi connectivity index (χ2v) is 8.84. The van der Waals surface area contributed by atoms with Gasteiger partial charge in [-0.3, -0.25) is 0 Å². The summed E-state index contributed by atoms with van der Waals surface area (Å²) in [5.74, 6) is 0.756. The van der Waals surface area contributed by atoms with E-state index in [1.807, 2.05) is 20.3 Å². The zero-order valence-electron chi connectivity index (χ0n) is 16.7. The second-order valence-electron chi connectivity index (χ2n) is 8.84. The molecule has 4 nitrogen and oxygen atoms in total. The van der Waals surface area contributed by atoms with Crippen molar-refractivity contribution in [2.24, 2.45) is 16.5 Å². The molecule has 0 heterocycles. The van der Waals surface area contributed by atoms with Crippen LogP contribution in [0, 0.1) is 18.3 Å². The molecule has 0 aliphatic heterocycles. The molecule has 2 aliphatic rings. The van der Waals surface area contributed by atoms with Crippen molar-refractivity contribution in [1.29, 1.82) is 0 Å². The summed E-state index contributed by atoms with van der Waals surface area (Å²) in [6.45, 7) is 5.84. The number of oxime groups is 1. The Morgan fingerprint density at radius 1 is 1.23 bits per heavy atom. The number of hydrogen-bond donors (Lipinski definition) is 1. The van der Waals surface area contributed by atoms with Gasteiger partial charge in [-0.05, 0) is 64.6 Å². The first kappa shape index (κ1) is 19.4. The molecule has 0 amide bonds. The van der Waals surface area contributed by atoms with Crippen molar-refractivity contribution in [3.8, 4) is 0 Å². The average molecular weight is 359 g/mol. The number of hydrogen-bond acceptors (Lipinski definition) is 4. The van der Waals surface area contributed by atoms with Crippen LogP contribution >= 0.6 is 0 Å². The summed E-state index contributed by atoms with van der Waals surface area (Å²) in [6, 6.07) is 8.84. The summed E-state index contributed by atoms with van der Waals surface area (Å²) < 4.78 is 0. The monoisotopic (exact) mass is 358 g/mol. The van der Waals surface area contributed by atoms with E-state index >= 15 is 0 Å². The quantitative estimate of drug-likeness (QED) is 0.475. The molecule has 0 radical (unpaired) electrons. The van der Waals surface area contributed by atoms with Crippen LogP contribution in [0.5, 0.6) is 0 Å². The zero-order valence-corrected chi connectivity index (χ0v) is 16.7. The maximum Gasteiger partial charge on any atom is 0.129 e. The van der Waals surface area contributed by atoms with Gasteiger partial charge < -0.3 is 14.8 Å². The van der Waals surface area contributed by atoms with Crippen molar-refractivity contribution >= 4 is 6.21 Å². The SMILES string of the molecule is Cc1ccc(C2CCC3(C)C(C=NOCCN(C)C)CCC3(O)C2)cc1. The van der Waals surface area contributed by atoms with Crippen molar-refractivity contribution in [1.82, 2.24) is 4.90 Å². The van der Waals surface area contributed by atoms with Crippen LogP contribution in [-0.2, 0) is 4.84 Å². The Kier molecular flexibility index (Phi) is 5.73. The van der Waals surface area contributed by atoms with E-state index in [9.17, 15) is 5.11 Å².